The molecule has 0 bridgehead atoms. The molecule has 2 heterocycles. The zero-order chi connectivity index (χ0) is 29.8. The van der Waals surface area contributed by atoms with E-state index in [2.05, 4.69) is 4.99 Å². The van der Waals surface area contributed by atoms with Crippen molar-refractivity contribution >= 4 is 46.6 Å². The number of aromatic nitrogens is 1. The predicted molar refractivity (Wildman–Crippen MR) is 157 cm³/mol. The topological polar surface area (TPSA) is 112 Å². The molecule has 2 aromatic carbocycles. The van der Waals surface area contributed by atoms with Gasteiger partial charge in [0.1, 0.15) is 6.07 Å². The van der Waals surface area contributed by atoms with E-state index in [-0.39, 0.29) is 46.2 Å². The van der Waals surface area contributed by atoms with Gasteiger partial charge in [-0.2, -0.15) is 5.26 Å². The number of hydrogen-bond donors (Lipinski definition) is 0. The van der Waals surface area contributed by atoms with E-state index >= 15 is 0 Å². The highest BCUT2D eigenvalue weighted by Crippen LogP contribution is 2.37. The quantitative estimate of drug-likeness (QED) is 0.318. The van der Waals surface area contributed by atoms with Gasteiger partial charge in [0.2, 0.25) is 0 Å². The summed E-state index contributed by atoms with van der Waals surface area (Å²) in [5.74, 6) is 0.607. The van der Waals surface area contributed by atoms with Crippen molar-refractivity contribution in [2.45, 2.75) is 39.8 Å². The number of benzene rings is 2. The number of fused-ring (bicyclic) bond motifs is 1. The molecular weight excluding hydrogens is 589 g/mol. The number of nitrogens with zero attached hydrogens (tertiary/aromatic N) is 3. The standard InChI is InChI=1S/C29H27Cl2N3O6S/c1-6-38-28(36)24-16(4)33-29-34(25(24)18-7-8-21(40-15(2)3)22(14-18)37-5)27(35)23(41-29)13-17-11-19(30)26(20(31)12-17)39-10-9-32/h7-8,11-15,25H,6,10H2,1-5H3/b23-13-/t25-/m0/s1. The smallest absolute Gasteiger partial charge is 0.338 e. The average molecular weight is 617 g/mol. The van der Waals surface area contributed by atoms with E-state index in [1.807, 2.05) is 19.9 Å². The Morgan fingerprint density at radius 2 is 1.93 bits per heavy atom. The van der Waals surface area contributed by atoms with Crippen molar-refractivity contribution < 1.29 is 23.7 Å². The van der Waals surface area contributed by atoms with E-state index in [1.54, 1.807) is 50.3 Å². The highest BCUT2D eigenvalue weighted by Gasteiger charge is 2.34. The molecule has 0 fully saturated rings. The van der Waals surface area contributed by atoms with Crippen LogP contribution in [-0.2, 0) is 9.53 Å². The predicted octanol–water partition coefficient (Wildman–Crippen LogP) is 4.80. The highest BCUT2D eigenvalue weighted by atomic mass is 35.5. The van der Waals surface area contributed by atoms with Crippen molar-refractivity contribution in [1.82, 2.24) is 4.57 Å². The Labute approximate surface area is 250 Å². The van der Waals surface area contributed by atoms with Crippen molar-refractivity contribution in [2.75, 3.05) is 20.3 Å². The largest absolute Gasteiger partial charge is 0.493 e. The number of allylic oxidation sites excluding steroid dienone is 1. The van der Waals surface area contributed by atoms with Crippen LogP contribution in [0.5, 0.6) is 17.2 Å². The number of carbonyl (C=O) groups excluding carboxylic acids is 1. The minimum absolute atomic E-state index is 0.0846. The van der Waals surface area contributed by atoms with Crippen molar-refractivity contribution in [2.24, 2.45) is 4.99 Å². The van der Waals surface area contributed by atoms with Gasteiger partial charge < -0.3 is 18.9 Å². The van der Waals surface area contributed by atoms with Crippen LogP contribution in [-0.4, -0.2) is 37.0 Å². The Morgan fingerprint density at radius 1 is 1.22 bits per heavy atom. The normalized spacial score (nSPS) is 14.8. The van der Waals surface area contributed by atoms with Crippen molar-refractivity contribution in [3.05, 3.63) is 82.5 Å². The monoisotopic (exact) mass is 615 g/mol. The molecule has 1 aliphatic heterocycles. The molecular formula is C29H27Cl2N3O6S. The lowest BCUT2D eigenvalue weighted by molar-refractivity contribution is -0.139. The van der Waals surface area contributed by atoms with E-state index in [9.17, 15) is 9.59 Å². The summed E-state index contributed by atoms with van der Waals surface area (Å²) in [7, 11) is 1.53. The van der Waals surface area contributed by atoms with E-state index in [0.29, 0.717) is 37.7 Å². The van der Waals surface area contributed by atoms with Gasteiger partial charge in [0.15, 0.2) is 28.7 Å². The van der Waals surface area contributed by atoms with Crippen LogP contribution in [0.15, 0.2) is 51.4 Å². The first-order valence-electron chi connectivity index (χ1n) is 12.6. The van der Waals surface area contributed by atoms with E-state index in [1.165, 1.54) is 11.7 Å². The molecule has 9 nitrogen and oxygen atoms in total. The third-order valence-electron chi connectivity index (χ3n) is 5.98. The van der Waals surface area contributed by atoms with Crippen LogP contribution < -0.4 is 29.1 Å². The summed E-state index contributed by atoms with van der Waals surface area (Å²) in [6.45, 7) is 7.18. The van der Waals surface area contributed by atoms with Crippen molar-refractivity contribution in [1.29, 1.82) is 5.26 Å². The van der Waals surface area contributed by atoms with Crippen LogP contribution in [0.4, 0.5) is 0 Å². The molecule has 0 unspecified atom stereocenters. The van der Waals surface area contributed by atoms with E-state index < -0.39 is 12.0 Å². The molecule has 4 rings (SSSR count). The molecule has 0 N–H and O–H groups in total. The second-order valence-corrected chi connectivity index (χ2v) is 11.0. The Balaban J connectivity index is 1.91. The van der Waals surface area contributed by atoms with Crippen LogP contribution >= 0.6 is 34.5 Å². The Morgan fingerprint density at radius 3 is 2.54 bits per heavy atom. The molecule has 41 heavy (non-hydrogen) atoms. The number of ether oxygens (including phenoxy) is 4. The minimum Gasteiger partial charge on any atom is -0.493 e. The Kier molecular flexibility index (Phi) is 9.43. The van der Waals surface area contributed by atoms with Crippen LogP contribution in [0.2, 0.25) is 10.0 Å². The molecule has 0 spiro atoms. The number of carbonyl (C=O) groups is 1. The SMILES string of the molecule is CCOC(=O)C1=C(C)N=c2s/c(=C\c3cc(Cl)c(OCC#N)c(Cl)c3)c(=O)n2[C@H]1c1ccc(OC(C)C)c(OC)c1. The second kappa shape index (κ2) is 12.8. The van der Waals surface area contributed by atoms with Crippen LogP contribution in [0.1, 0.15) is 44.9 Å². The molecule has 1 aromatic heterocycles. The van der Waals surface area contributed by atoms with Gasteiger partial charge in [-0.1, -0.05) is 40.6 Å². The number of thiazole rings is 1. The lowest BCUT2D eigenvalue weighted by atomic mass is 9.95. The zero-order valence-electron chi connectivity index (χ0n) is 23.0. The summed E-state index contributed by atoms with van der Waals surface area (Å²) in [5.41, 5.74) is 1.48. The summed E-state index contributed by atoms with van der Waals surface area (Å²) in [4.78, 5) is 32.1. The molecule has 1 atom stereocenters. The molecule has 12 heteroatoms. The third kappa shape index (κ3) is 6.27. The summed E-state index contributed by atoms with van der Waals surface area (Å²) in [5, 5.41) is 9.19. The fourth-order valence-electron chi connectivity index (χ4n) is 4.37. The van der Waals surface area contributed by atoms with Gasteiger partial charge in [0, 0.05) is 0 Å². The third-order valence-corrected chi connectivity index (χ3v) is 7.53. The Bertz CT molecular complexity index is 1730. The second-order valence-electron chi connectivity index (χ2n) is 9.14. The van der Waals surface area contributed by atoms with Gasteiger partial charge in [-0.25, -0.2) is 9.79 Å². The Hall–Kier alpha value is -3.78. The maximum atomic E-state index is 13.9. The first kappa shape index (κ1) is 30.2. The zero-order valence-corrected chi connectivity index (χ0v) is 25.3. The summed E-state index contributed by atoms with van der Waals surface area (Å²) in [6, 6.07) is 9.50. The lowest BCUT2D eigenvalue weighted by Crippen LogP contribution is -2.40. The van der Waals surface area contributed by atoms with E-state index in [0.717, 1.165) is 11.3 Å². The van der Waals surface area contributed by atoms with Crippen molar-refractivity contribution in [3.63, 3.8) is 0 Å². The van der Waals surface area contributed by atoms with E-state index in [4.69, 9.17) is 47.4 Å². The number of rotatable bonds is 9. The van der Waals surface area contributed by atoms with Gasteiger partial charge in [0.25, 0.3) is 5.56 Å². The van der Waals surface area contributed by atoms with Gasteiger partial charge in [0.05, 0.1) is 51.7 Å². The molecule has 0 radical (unpaired) electrons. The number of nitriles is 1. The maximum Gasteiger partial charge on any atom is 0.338 e. The summed E-state index contributed by atoms with van der Waals surface area (Å²) < 4.78 is 23.9. The number of methoxy groups -OCH3 is 1. The fraction of sp³-hybridized carbons (Fsp3) is 0.310. The van der Waals surface area contributed by atoms with Gasteiger partial charge >= 0.3 is 5.97 Å². The van der Waals surface area contributed by atoms with Gasteiger partial charge in [-0.15, -0.1) is 0 Å². The first-order valence-corrected chi connectivity index (χ1v) is 14.2. The molecule has 0 saturated carbocycles. The minimum atomic E-state index is -0.830. The fourth-order valence-corrected chi connectivity index (χ4v) is 6.03. The molecule has 0 saturated heterocycles. The van der Waals surface area contributed by atoms with Crippen LogP contribution in [0.25, 0.3) is 6.08 Å². The number of esters is 1. The lowest BCUT2D eigenvalue weighted by Gasteiger charge is -2.25. The van der Waals surface area contributed by atoms with Crippen LogP contribution in [0.3, 0.4) is 0 Å². The molecule has 214 valence electrons. The van der Waals surface area contributed by atoms with Crippen LogP contribution in [0, 0.1) is 11.3 Å². The van der Waals surface area contributed by atoms with Crippen molar-refractivity contribution in [3.8, 4) is 23.3 Å². The molecule has 1 aliphatic rings. The summed E-state index contributed by atoms with van der Waals surface area (Å²) in [6.07, 6.45) is 1.55. The maximum absolute atomic E-state index is 13.9. The number of hydrogen-bond acceptors (Lipinski definition) is 9. The highest BCUT2D eigenvalue weighted by molar-refractivity contribution is 7.07. The molecule has 0 aliphatic carbocycles. The number of halogens is 2. The summed E-state index contributed by atoms with van der Waals surface area (Å²) >= 11 is 13.8. The average Bonchev–Trinajstić information content (AvgIpc) is 3.21. The molecule has 3 aromatic rings. The first-order chi connectivity index (χ1) is 19.6. The van der Waals surface area contributed by atoms with Gasteiger partial charge in [-0.3, -0.25) is 9.36 Å². The van der Waals surface area contributed by atoms with Gasteiger partial charge in [-0.05, 0) is 69.2 Å². The molecule has 0 amide bonds.